The summed E-state index contributed by atoms with van der Waals surface area (Å²) in [6.07, 6.45) is 3.42. The average Bonchev–Trinajstić information content (AvgIpc) is 2.93. The van der Waals surface area contributed by atoms with Gasteiger partial charge in [-0.3, -0.25) is 4.79 Å². The molecule has 1 aromatic heterocycles. The highest BCUT2D eigenvalue weighted by Crippen LogP contribution is 2.21. The first-order valence-electron chi connectivity index (χ1n) is 7.54. The Morgan fingerprint density at radius 3 is 2.87 bits per heavy atom. The van der Waals surface area contributed by atoms with Gasteiger partial charge in [0.2, 0.25) is 0 Å². The van der Waals surface area contributed by atoms with Crippen LogP contribution in [0.5, 0.6) is 0 Å². The molecule has 0 radical (unpaired) electrons. The lowest BCUT2D eigenvalue weighted by atomic mass is 9.87. The van der Waals surface area contributed by atoms with E-state index >= 15 is 0 Å². The van der Waals surface area contributed by atoms with Crippen LogP contribution in [-0.2, 0) is 0 Å². The van der Waals surface area contributed by atoms with Crippen LogP contribution in [0.25, 0.3) is 5.69 Å². The van der Waals surface area contributed by atoms with E-state index in [2.05, 4.69) is 10.4 Å². The number of amides is 1. The van der Waals surface area contributed by atoms with Crippen molar-refractivity contribution in [2.24, 2.45) is 5.41 Å². The van der Waals surface area contributed by atoms with Gasteiger partial charge in [-0.05, 0) is 37.0 Å². The molecule has 1 amide bonds. The lowest BCUT2D eigenvalue weighted by Crippen LogP contribution is -2.35. The van der Waals surface area contributed by atoms with E-state index in [0.717, 1.165) is 5.69 Å². The molecular weight excluding hydrogens is 314 g/mol. The van der Waals surface area contributed by atoms with E-state index in [1.807, 2.05) is 26.0 Å². The van der Waals surface area contributed by atoms with E-state index in [1.54, 1.807) is 29.9 Å². The fraction of sp³-hybridized carbons (Fsp3) is 0.412. The van der Waals surface area contributed by atoms with Crippen molar-refractivity contribution in [1.29, 1.82) is 0 Å². The molecular formula is C17H22ClN3O2. The van der Waals surface area contributed by atoms with Gasteiger partial charge in [-0.25, -0.2) is 4.68 Å². The van der Waals surface area contributed by atoms with E-state index in [1.165, 1.54) is 6.20 Å². The first-order valence-corrected chi connectivity index (χ1v) is 7.91. The largest absolute Gasteiger partial charge is 0.393 e. The van der Waals surface area contributed by atoms with E-state index in [4.69, 9.17) is 11.6 Å². The molecule has 2 rings (SSSR count). The molecule has 2 N–H and O–H groups in total. The zero-order chi connectivity index (χ0) is 17.0. The number of aliphatic hydroxyl groups is 1. The SMILES string of the molecule is CC(O)CC(C)(C)CNC(=O)c1cnn(-c2cccc(Cl)c2)c1. The summed E-state index contributed by atoms with van der Waals surface area (Å²) in [6, 6.07) is 7.26. The smallest absolute Gasteiger partial charge is 0.254 e. The van der Waals surface area contributed by atoms with Crippen molar-refractivity contribution >= 4 is 17.5 Å². The quantitative estimate of drug-likeness (QED) is 0.852. The molecule has 0 saturated carbocycles. The zero-order valence-electron chi connectivity index (χ0n) is 13.6. The minimum absolute atomic E-state index is 0.174. The predicted molar refractivity (Wildman–Crippen MR) is 91.0 cm³/mol. The number of nitrogens with one attached hydrogen (secondary N) is 1. The number of hydrogen-bond acceptors (Lipinski definition) is 3. The van der Waals surface area contributed by atoms with Gasteiger partial charge in [0, 0.05) is 17.8 Å². The number of carbonyl (C=O) groups is 1. The van der Waals surface area contributed by atoms with Gasteiger partial charge in [0.1, 0.15) is 0 Å². The molecule has 0 aliphatic carbocycles. The van der Waals surface area contributed by atoms with Gasteiger partial charge in [0.15, 0.2) is 0 Å². The van der Waals surface area contributed by atoms with Crippen LogP contribution < -0.4 is 5.32 Å². The molecule has 124 valence electrons. The third-order valence-corrected chi connectivity index (χ3v) is 3.73. The van der Waals surface area contributed by atoms with E-state index in [9.17, 15) is 9.90 Å². The molecule has 0 aliphatic heterocycles. The van der Waals surface area contributed by atoms with E-state index in [0.29, 0.717) is 23.6 Å². The Labute approximate surface area is 141 Å². The minimum Gasteiger partial charge on any atom is -0.393 e. The summed E-state index contributed by atoms with van der Waals surface area (Å²) >= 11 is 5.96. The van der Waals surface area contributed by atoms with Crippen LogP contribution >= 0.6 is 11.6 Å². The van der Waals surface area contributed by atoms with Crippen LogP contribution in [0.1, 0.15) is 37.6 Å². The minimum atomic E-state index is -0.396. The Morgan fingerprint density at radius 1 is 1.48 bits per heavy atom. The van der Waals surface area contributed by atoms with Gasteiger partial charge >= 0.3 is 0 Å². The van der Waals surface area contributed by atoms with Crippen molar-refractivity contribution in [3.05, 3.63) is 47.2 Å². The Balaban J connectivity index is 2.01. The summed E-state index contributed by atoms with van der Waals surface area (Å²) in [7, 11) is 0. The monoisotopic (exact) mass is 335 g/mol. The molecule has 5 nitrogen and oxygen atoms in total. The molecule has 0 aliphatic rings. The molecule has 0 fully saturated rings. The van der Waals surface area contributed by atoms with Crippen molar-refractivity contribution in [2.45, 2.75) is 33.3 Å². The number of aromatic nitrogens is 2. The van der Waals surface area contributed by atoms with Crippen molar-refractivity contribution in [1.82, 2.24) is 15.1 Å². The Bertz CT molecular complexity index is 680. The number of carbonyl (C=O) groups excluding carboxylic acids is 1. The third-order valence-electron chi connectivity index (χ3n) is 3.49. The molecule has 2 aromatic rings. The van der Waals surface area contributed by atoms with Gasteiger partial charge in [-0.15, -0.1) is 0 Å². The molecule has 6 heteroatoms. The van der Waals surface area contributed by atoms with Crippen LogP contribution in [0, 0.1) is 5.41 Å². The number of halogens is 1. The summed E-state index contributed by atoms with van der Waals surface area (Å²) in [5.41, 5.74) is 1.11. The third kappa shape index (κ3) is 5.08. The Hall–Kier alpha value is -1.85. The highest BCUT2D eigenvalue weighted by atomic mass is 35.5. The molecule has 0 bridgehead atoms. The molecule has 1 aromatic carbocycles. The van der Waals surface area contributed by atoms with Crippen LogP contribution in [0.15, 0.2) is 36.7 Å². The van der Waals surface area contributed by atoms with Crippen LogP contribution in [-0.4, -0.2) is 33.4 Å². The van der Waals surface area contributed by atoms with Gasteiger partial charge < -0.3 is 10.4 Å². The van der Waals surface area contributed by atoms with Gasteiger partial charge in [0.05, 0.1) is 23.6 Å². The van der Waals surface area contributed by atoms with Gasteiger partial charge in [-0.2, -0.15) is 5.10 Å². The maximum Gasteiger partial charge on any atom is 0.254 e. The predicted octanol–water partition coefficient (Wildman–Crippen LogP) is 3.05. The van der Waals surface area contributed by atoms with Crippen molar-refractivity contribution in [2.75, 3.05) is 6.54 Å². The molecule has 23 heavy (non-hydrogen) atoms. The molecule has 1 unspecified atom stereocenters. The van der Waals surface area contributed by atoms with Gasteiger partial charge in [-0.1, -0.05) is 31.5 Å². The van der Waals surface area contributed by atoms with Crippen LogP contribution in [0.3, 0.4) is 0 Å². The highest BCUT2D eigenvalue weighted by Gasteiger charge is 2.21. The first-order chi connectivity index (χ1) is 10.8. The number of hydrogen-bond donors (Lipinski definition) is 2. The Kier molecular flexibility index (Phi) is 5.44. The summed E-state index contributed by atoms with van der Waals surface area (Å²) in [6.45, 7) is 6.25. The summed E-state index contributed by atoms with van der Waals surface area (Å²) in [5, 5.41) is 17.2. The first kappa shape index (κ1) is 17.5. The second kappa shape index (κ2) is 7.15. The maximum atomic E-state index is 12.2. The zero-order valence-corrected chi connectivity index (χ0v) is 14.3. The van der Waals surface area contributed by atoms with Gasteiger partial charge in [0.25, 0.3) is 5.91 Å². The molecule has 1 atom stereocenters. The van der Waals surface area contributed by atoms with Crippen LogP contribution in [0.4, 0.5) is 0 Å². The molecule has 1 heterocycles. The lowest BCUT2D eigenvalue weighted by Gasteiger charge is -2.26. The van der Waals surface area contributed by atoms with Crippen molar-refractivity contribution in [3.63, 3.8) is 0 Å². The lowest BCUT2D eigenvalue weighted by molar-refractivity contribution is 0.0902. The average molecular weight is 336 g/mol. The summed E-state index contributed by atoms with van der Waals surface area (Å²) in [4.78, 5) is 12.2. The second-order valence-electron chi connectivity index (χ2n) is 6.55. The van der Waals surface area contributed by atoms with Crippen LogP contribution in [0.2, 0.25) is 5.02 Å². The van der Waals surface area contributed by atoms with Crippen molar-refractivity contribution in [3.8, 4) is 5.69 Å². The number of rotatable bonds is 6. The van der Waals surface area contributed by atoms with E-state index < -0.39 is 6.10 Å². The fourth-order valence-electron chi connectivity index (χ4n) is 2.49. The van der Waals surface area contributed by atoms with Crippen molar-refractivity contribution < 1.29 is 9.90 Å². The highest BCUT2D eigenvalue weighted by molar-refractivity contribution is 6.30. The topological polar surface area (TPSA) is 67.2 Å². The molecule has 0 spiro atoms. The fourth-order valence-corrected chi connectivity index (χ4v) is 2.68. The standard InChI is InChI=1S/C17H22ClN3O2/c1-12(22)8-17(2,3)11-19-16(23)13-9-20-21(10-13)15-6-4-5-14(18)7-15/h4-7,9-10,12,22H,8,11H2,1-3H3,(H,19,23). The normalized spacial score (nSPS) is 12.9. The molecule has 0 saturated heterocycles. The number of nitrogens with zero attached hydrogens (tertiary/aromatic N) is 2. The Morgan fingerprint density at radius 2 is 2.22 bits per heavy atom. The summed E-state index contributed by atoms with van der Waals surface area (Å²) < 4.78 is 1.61. The van der Waals surface area contributed by atoms with E-state index in [-0.39, 0.29) is 11.3 Å². The second-order valence-corrected chi connectivity index (χ2v) is 6.99. The maximum absolute atomic E-state index is 12.2. The number of aliphatic hydroxyl groups excluding tert-OH is 1. The number of benzene rings is 1. The summed E-state index contributed by atoms with van der Waals surface area (Å²) in [5.74, 6) is -0.183.